The Bertz CT molecular complexity index is 1180. The quantitative estimate of drug-likeness (QED) is 0.130. The number of hydrogen-bond acceptors (Lipinski definition) is 8. The van der Waals surface area contributed by atoms with Gasteiger partial charge in [0.15, 0.2) is 11.5 Å². The van der Waals surface area contributed by atoms with Gasteiger partial charge in [0.25, 0.3) is 11.8 Å². The summed E-state index contributed by atoms with van der Waals surface area (Å²) in [6.45, 7) is 3.32. The highest BCUT2D eigenvalue weighted by atomic mass is 32.2. The van der Waals surface area contributed by atoms with Gasteiger partial charge in [0.1, 0.15) is 0 Å². The number of rotatable bonds is 9. The molecule has 3 amide bonds. The molecule has 0 aromatic heterocycles. The van der Waals surface area contributed by atoms with Gasteiger partial charge in [0, 0.05) is 42.9 Å². The Balaban J connectivity index is 1.54. The third kappa shape index (κ3) is 6.22. The van der Waals surface area contributed by atoms with E-state index in [0.29, 0.717) is 12.0 Å². The van der Waals surface area contributed by atoms with Gasteiger partial charge in [-0.3, -0.25) is 18.6 Å². The van der Waals surface area contributed by atoms with Crippen LogP contribution < -0.4 is 10.7 Å². The van der Waals surface area contributed by atoms with Crippen molar-refractivity contribution in [1.82, 2.24) is 15.6 Å². The lowest BCUT2D eigenvalue weighted by molar-refractivity contribution is -0.145. The smallest absolute Gasteiger partial charge is 0.271 e. The molecule has 12 heteroatoms. The summed E-state index contributed by atoms with van der Waals surface area (Å²) in [5.41, 5.74) is 3.42. The summed E-state index contributed by atoms with van der Waals surface area (Å²) < 4.78 is 22.0. The first-order valence-electron chi connectivity index (χ1n) is 10.6. The molecule has 1 heterocycles. The highest BCUT2D eigenvalue weighted by molar-refractivity contribution is 7.81. The van der Waals surface area contributed by atoms with Gasteiger partial charge in [-0.1, -0.05) is 12.1 Å². The first-order chi connectivity index (χ1) is 16.5. The summed E-state index contributed by atoms with van der Waals surface area (Å²) in [4.78, 5) is 37.7. The summed E-state index contributed by atoms with van der Waals surface area (Å²) in [6, 6.07) is 9.96. The second-order valence-electron chi connectivity index (χ2n) is 8.40. The summed E-state index contributed by atoms with van der Waals surface area (Å²) >= 11 is -2.58. The summed E-state index contributed by atoms with van der Waals surface area (Å²) in [5.74, 6) is -1.88. The lowest BCUT2D eigenvalue weighted by Crippen LogP contribution is -2.58. The van der Waals surface area contributed by atoms with E-state index in [0.717, 1.165) is 12.3 Å². The molecule has 0 radical (unpaired) electrons. The van der Waals surface area contributed by atoms with Crippen LogP contribution in [0.4, 0.5) is 0 Å². The van der Waals surface area contributed by atoms with E-state index in [1.807, 2.05) is 6.92 Å². The Labute approximate surface area is 204 Å². The number of β-lactam (4-membered cyclic amide) rings is 1. The van der Waals surface area contributed by atoms with E-state index in [1.54, 1.807) is 12.1 Å². The van der Waals surface area contributed by atoms with E-state index >= 15 is 0 Å². The number of aromatic hydroxyl groups is 2. The number of hydrazone groups is 1. The molecule has 1 aliphatic rings. The molecule has 4 N–H and O–H groups in total. The van der Waals surface area contributed by atoms with Gasteiger partial charge >= 0.3 is 0 Å². The second kappa shape index (κ2) is 10.7. The Morgan fingerprint density at radius 3 is 2.40 bits per heavy atom. The molecule has 2 aromatic carbocycles. The van der Waals surface area contributed by atoms with Crippen LogP contribution >= 0.6 is 0 Å². The molecule has 1 unspecified atom stereocenters. The van der Waals surface area contributed by atoms with Crippen LogP contribution in [-0.4, -0.2) is 65.1 Å². The monoisotopic (exact) mass is 501 g/mol. The zero-order valence-electron chi connectivity index (χ0n) is 19.1. The van der Waals surface area contributed by atoms with Crippen LogP contribution in [0.5, 0.6) is 11.5 Å². The normalized spacial score (nSPS) is 18.0. The van der Waals surface area contributed by atoms with Crippen molar-refractivity contribution in [3.63, 3.8) is 0 Å². The van der Waals surface area contributed by atoms with Gasteiger partial charge < -0.3 is 25.0 Å². The average molecular weight is 502 g/mol. The third-order valence-electron chi connectivity index (χ3n) is 5.60. The van der Waals surface area contributed by atoms with Gasteiger partial charge in [0.05, 0.1) is 4.75 Å². The summed E-state index contributed by atoms with van der Waals surface area (Å²) in [6.07, 6.45) is 1.47. The predicted octanol–water partition coefficient (Wildman–Crippen LogP) is 1.00. The van der Waals surface area contributed by atoms with E-state index in [4.69, 9.17) is 0 Å². The number of carbonyl (C=O) groups is 3. The fourth-order valence-electron chi connectivity index (χ4n) is 3.35. The molecule has 1 aliphatic heterocycles. The number of nitrogens with one attached hydrogen (secondary N) is 2. The van der Waals surface area contributed by atoms with Crippen LogP contribution in [0.3, 0.4) is 0 Å². The molecule has 35 heavy (non-hydrogen) atoms. The topological polar surface area (TPSA) is 171 Å². The Hall–Kier alpha value is -3.77. The lowest BCUT2D eigenvalue weighted by atomic mass is 10.0. The highest BCUT2D eigenvalue weighted by Gasteiger charge is 2.38. The maximum Gasteiger partial charge on any atom is 0.271 e. The number of amides is 3. The van der Waals surface area contributed by atoms with E-state index in [1.165, 1.54) is 36.1 Å². The maximum atomic E-state index is 12.4. The maximum absolute atomic E-state index is 12.4. The van der Waals surface area contributed by atoms with Crippen molar-refractivity contribution >= 4 is 35.0 Å². The number of carbonyl (C=O) groups excluding carboxylic acids is 3. The number of nitrogens with zero attached hydrogens (tertiary/aromatic N) is 2. The van der Waals surface area contributed by atoms with Crippen LogP contribution in [0.1, 0.15) is 46.5 Å². The number of likely N-dealkylation sites (tertiary alicyclic amines) is 1. The predicted molar refractivity (Wildman–Crippen MR) is 126 cm³/mol. The van der Waals surface area contributed by atoms with E-state index in [-0.39, 0.29) is 41.9 Å². The van der Waals surface area contributed by atoms with Gasteiger partial charge in [-0.25, -0.2) is 5.43 Å². The average Bonchev–Trinajstić information content (AvgIpc) is 2.83. The SMILES string of the molecule is C[C@@H]1CC(=O)N1C[C@](C)(/C=N/NC(=O)c1ccc(CNC(=O)c2ccc(O)c(O)c2)cc1)S(=O)[O-]. The summed E-state index contributed by atoms with van der Waals surface area (Å²) in [7, 11) is 0. The molecule has 3 rings (SSSR count). The molecule has 0 spiro atoms. The highest BCUT2D eigenvalue weighted by Crippen LogP contribution is 2.25. The van der Waals surface area contributed by atoms with E-state index < -0.39 is 33.4 Å². The fourth-order valence-corrected chi connectivity index (χ4v) is 3.73. The molecule has 0 bridgehead atoms. The standard InChI is InChI=1S/C23H26N4O7S/c1-14-9-20(30)27(14)13-23(2,35(33)34)12-25-26-22(32)16-5-3-15(4-6-16)11-24-21(31)17-7-8-18(28)19(29)10-17/h3-8,10,12,14,28-29H,9,11,13H2,1-2H3,(H,24,31)(H,26,32)(H,33,34)/p-1/b25-12+/t14-,23+/m1/s1. The van der Waals surface area contributed by atoms with E-state index in [2.05, 4.69) is 15.8 Å². The van der Waals surface area contributed by atoms with Crippen LogP contribution in [0.2, 0.25) is 0 Å². The Kier molecular flexibility index (Phi) is 7.87. The van der Waals surface area contributed by atoms with Gasteiger partial charge in [-0.05, 0) is 60.8 Å². The van der Waals surface area contributed by atoms with Crippen LogP contribution in [0.15, 0.2) is 47.6 Å². The van der Waals surface area contributed by atoms with Crippen LogP contribution in [0.25, 0.3) is 0 Å². The van der Waals surface area contributed by atoms with Crippen molar-refractivity contribution < 1.29 is 33.4 Å². The van der Waals surface area contributed by atoms with Crippen LogP contribution in [-0.2, 0) is 22.4 Å². The fraction of sp³-hybridized carbons (Fsp3) is 0.304. The zero-order valence-corrected chi connectivity index (χ0v) is 19.9. The van der Waals surface area contributed by atoms with Gasteiger partial charge in [-0.15, -0.1) is 0 Å². The minimum absolute atomic E-state index is 0.0510. The molecule has 0 saturated carbocycles. The first-order valence-corrected chi connectivity index (χ1v) is 11.7. The minimum Gasteiger partial charge on any atom is -0.772 e. The van der Waals surface area contributed by atoms with Gasteiger partial charge in [0.2, 0.25) is 5.91 Å². The summed E-state index contributed by atoms with van der Waals surface area (Å²) in [5, 5.41) is 25.3. The number of phenolic OH excluding ortho intramolecular Hbond substituents is 2. The third-order valence-corrected chi connectivity index (χ3v) is 6.59. The first kappa shape index (κ1) is 25.8. The molecule has 186 valence electrons. The lowest BCUT2D eigenvalue weighted by Gasteiger charge is -2.43. The molecule has 1 fully saturated rings. The van der Waals surface area contributed by atoms with Crippen molar-refractivity contribution in [2.45, 2.75) is 37.6 Å². The number of phenols is 2. The molecule has 0 aliphatic carbocycles. The van der Waals surface area contributed by atoms with Crippen molar-refractivity contribution in [2.75, 3.05) is 6.54 Å². The Morgan fingerprint density at radius 2 is 1.83 bits per heavy atom. The Morgan fingerprint density at radius 1 is 1.17 bits per heavy atom. The van der Waals surface area contributed by atoms with Crippen molar-refractivity contribution in [3.8, 4) is 11.5 Å². The minimum atomic E-state index is -2.58. The van der Waals surface area contributed by atoms with Gasteiger partial charge in [-0.2, -0.15) is 5.10 Å². The molecule has 1 saturated heterocycles. The number of benzene rings is 2. The molecular formula is C23H25N4O7S-. The molecule has 11 nitrogen and oxygen atoms in total. The van der Waals surface area contributed by atoms with Crippen molar-refractivity contribution in [2.24, 2.45) is 5.10 Å². The molecule has 3 atom stereocenters. The molecule has 2 aromatic rings. The number of hydrogen-bond donors (Lipinski definition) is 4. The van der Waals surface area contributed by atoms with Crippen LogP contribution in [0, 0.1) is 0 Å². The largest absolute Gasteiger partial charge is 0.772 e. The molecular weight excluding hydrogens is 476 g/mol. The van der Waals surface area contributed by atoms with Crippen molar-refractivity contribution in [1.29, 1.82) is 0 Å². The van der Waals surface area contributed by atoms with Crippen molar-refractivity contribution in [3.05, 3.63) is 59.2 Å². The second-order valence-corrected chi connectivity index (χ2v) is 9.81. The van der Waals surface area contributed by atoms with E-state index in [9.17, 15) is 33.4 Å². The zero-order chi connectivity index (χ0) is 25.8.